The maximum absolute atomic E-state index is 12.7. The van der Waals surface area contributed by atoms with E-state index in [0.717, 1.165) is 9.13 Å². The molecule has 7 nitrogen and oxygen atoms in total. The first kappa shape index (κ1) is 26.2. The topological polar surface area (TPSA) is 89.0 Å². The molecule has 32 heavy (non-hydrogen) atoms. The molecule has 2 rings (SSSR count). The van der Waals surface area contributed by atoms with E-state index < -0.39 is 17.9 Å². The average molecular weight is 592 g/mol. The Kier molecular flexibility index (Phi) is 10.0. The highest BCUT2D eigenvalue weighted by molar-refractivity contribution is 14.1. The summed E-state index contributed by atoms with van der Waals surface area (Å²) in [6.07, 6.45) is 1.50. The third-order valence-corrected chi connectivity index (χ3v) is 5.68. The maximum atomic E-state index is 12.7. The SMILES string of the molecule is CCOc1cc(/C=N/NC(=O)C(NC(=O)c2ccc(Cl)cc2Cl)C(C)C)cc(I)c1OC. The number of carbonyl (C=O) groups is 2. The molecule has 10 heteroatoms. The molecule has 2 aromatic rings. The van der Waals surface area contributed by atoms with Crippen LogP contribution >= 0.6 is 45.8 Å². The number of hydrogen-bond acceptors (Lipinski definition) is 5. The molecule has 0 spiro atoms. The monoisotopic (exact) mass is 591 g/mol. The van der Waals surface area contributed by atoms with Gasteiger partial charge in [-0.05, 0) is 71.3 Å². The van der Waals surface area contributed by atoms with Crippen molar-refractivity contribution in [3.05, 3.63) is 55.1 Å². The Balaban J connectivity index is 2.11. The van der Waals surface area contributed by atoms with Gasteiger partial charge in [-0.25, -0.2) is 5.43 Å². The van der Waals surface area contributed by atoms with Crippen LogP contribution < -0.4 is 20.2 Å². The normalized spacial score (nSPS) is 12.0. The molecule has 2 aromatic carbocycles. The van der Waals surface area contributed by atoms with Gasteiger partial charge in [-0.1, -0.05) is 37.0 Å². The minimum atomic E-state index is -0.818. The predicted octanol–water partition coefficient (Wildman–Crippen LogP) is 4.91. The van der Waals surface area contributed by atoms with E-state index in [1.807, 2.05) is 26.8 Å². The van der Waals surface area contributed by atoms with Crippen LogP contribution in [0.25, 0.3) is 0 Å². The Bertz CT molecular complexity index is 1010. The van der Waals surface area contributed by atoms with Crippen LogP contribution in [0.5, 0.6) is 11.5 Å². The summed E-state index contributed by atoms with van der Waals surface area (Å²) in [6, 6.07) is 7.34. The molecule has 172 valence electrons. The lowest BCUT2D eigenvalue weighted by Gasteiger charge is -2.20. The van der Waals surface area contributed by atoms with Crippen LogP contribution in [0.3, 0.4) is 0 Å². The molecular weight excluding hydrogens is 568 g/mol. The summed E-state index contributed by atoms with van der Waals surface area (Å²) in [5.41, 5.74) is 3.43. The number of hydrogen-bond donors (Lipinski definition) is 2. The van der Waals surface area contributed by atoms with Crippen molar-refractivity contribution in [1.82, 2.24) is 10.7 Å². The lowest BCUT2D eigenvalue weighted by atomic mass is 10.0. The lowest BCUT2D eigenvalue weighted by Crippen LogP contribution is -2.48. The fraction of sp³-hybridized carbons (Fsp3) is 0.318. The van der Waals surface area contributed by atoms with E-state index >= 15 is 0 Å². The number of hydrazone groups is 1. The molecule has 0 aromatic heterocycles. The molecule has 0 radical (unpaired) electrons. The minimum Gasteiger partial charge on any atom is -0.492 e. The fourth-order valence-electron chi connectivity index (χ4n) is 2.79. The molecule has 0 aliphatic carbocycles. The number of halogens is 3. The van der Waals surface area contributed by atoms with E-state index in [9.17, 15) is 9.59 Å². The van der Waals surface area contributed by atoms with E-state index in [-0.39, 0.29) is 16.5 Å². The van der Waals surface area contributed by atoms with Crippen LogP contribution in [0.4, 0.5) is 0 Å². The average Bonchev–Trinajstić information content (AvgIpc) is 2.71. The second-order valence-corrected chi connectivity index (χ2v) is 9.03. The first-order chi connectivity index (χ1) is 15.2. The number of benzene rings is 2. The fourth-order valence-corrected chi connectivity index (χ4v) is 4.13. The third kappa shape index (κ3) is 6.98. The molecule has 2 amide bonds. The molecule has 0 aliphatic rings. The van der Waals surface area contributed by atoms with Crippen molar-refractivity contribution in [3.8, 4) is 11.5 Å². The number of rotatable bonds is 9. The Morgan fingerprint density at radius 2 is 1.94 bits per heavy atom. The quantitative estimate of drug-likeness (QED) is 0.246. The Hall–Kier alpha value is -2.04. The van der Waals surface area contributed by atoms with E-state index in [4.69, 9.17) is 32.7 Å². The smallest absolute Gasteiger partial charge is 0.262 e. The highest BCUT2D eigenvalue weighted by Gasteiger charge is 2.25. The molecule has 0 aliphatic heterocycles. The van der Waals surface area contributed by atoms with Gasteiger partial charge in [0.1, 0.15) is 6.04 Å². The van der Waals surface area contributed by atoms with Crippen LogP contribution in [0.1, 0.15) is 36.7 Å². The second kappa shape index (κ2) is 12.3. The van der Waals surface area contributed by atoms with Gasteiger partial charge in [0.05, 0.1) is 34.1 Å². The maximum Gasteiger partial charge on any atom is 0.262 e. The number of nitrogens with zero attached hydrogens (tertiary/aromatic N) is 1. The standard InChI is InChI=1S/C22H24Cl2IN3O4/c1-5-32-18-9-13(8-17(25)20(18)31-4)11-26-28-22(30)19(12(2)3)27-21(29)15-7-6-14(23)10-16(15)24/h6-12,19H,5H2,1-4H3,(H,27,29)(H,28,30)/b26-11+. The minimum absolute atomic E-state index is 0.188. The van der Waals surface area contributed by atoms with Crippen molar-refractivity contribution in [2.24, 2.45) is 11.0 Å². The molecule has 0 bridgehead atoms. The van der Waals surface area contributed by atoms with Crippen molar-refractivity contribution in [2.75, 3.05) is 13.7 Å². The third-order valence-electron chi connectivity index (χ3n) is 4.34. The van der Waals surface area contributed by atoms with Crippen LogP contribution in [-0.4, -0.2) is 37.8 Å². The van der Waals surface area contributed by atoms with Gasteiger partial charge < -0.3 is 14.8 Å². The van der Waals surface area contributed by atoms with Gasteiger partial charge in [-0.15, -0.1) is 0 Å². The van der Waals surface area contributed by atoms with Crippen molar-refractivity contribution in [3.63, 3.8) is 0 Å². The number of carbonyl (C=O) groups excluding carboxylic acids is 2. The zero-order chi connectivity index (χ0) is 23.8. The zero-order valence-corrected chi connectivity index (χ0v) is 21.7. The molecule has 1 atom stereocenters. The van der Waals surface area contributed by atoms with Crippen molar-refractivity contribution < 1.29 is 19.1 Å². The summed E-state index contributed by atoms with van der Waals surface area (Å²) in [7, 11) is 1.57. The predicted molar refractivity (Wildman–Crippen MR) is 135 cm³/mol. The van der Waals surface area contributed by atoms with E-state index in [2.05, 4.69) is 38.4 Å². The summed E-state index contributed by atoms with van der Waals surface area (Å²) < 4.78 is 11.8. The van der Waals surface area contributed by atoms with Crippen LogP contribution in [0, 0.1) is 9.49 Å². The van der Waals surface area contributed by atoms with Crippen LogP contribution in [-0.2, 0) is 4.79 Å². The summed E-state index contributed by atoms with van der Waals surface area (Å²) in [6.45, 7) is 6.00. The molecule has 0 heterocycles. The van der Waals surface area contributed by atoms with Gasteiger partial charge in [0.2, 0.25) is 0 Å². The van der Waals surface area contributed by atoms with Crippen molar-refractivity contribution in [2.45, 2.75) is 26.8 Å². The van der Waals surface area contributed by atoms with Crippen LogP contribution in [0.2, 0.25) is 10.0 Å². The summed E-state index contributed by atoms with van der Waals surface area (Å²) in [5.74, 6) is 0.101. The first-order valence-electron chi connectivity index (χ1n) is 9.77. The molecule has 0 saturated heterocycles. The van der Waals surface area contributed by atoms with Gasteiger partial charge >= 0.3 is 0 Å². The van der Waals surface area contributed by atoms with Gasteiger partial charge in [0.25, 0.3) is 11.8 Å². The summed E-state index contributed by atoms with van der Waals surface area (Å²) >= 11 is 14.1. The number of amides is 2. The number of nitrogens with one attached hydrogen (secondary N) is 2. The first-order valence-corrected chi connectivity index (χ1v) is 11.6. The lowest BCUT2D eigenvalue weighted by molar-refractivity contribution is -0.123. The van der Waals surface area contributed by atoms with Crippen molar-refractivity contribution >= 4 is 63.8 Å². The molecular formula is C22H24Cl2IN3O4. The Labute approximate surface area is 211 Å². The Morgan fingerprint density at radius 3 is 2.53 bits per heavy atom. The van der Waals surface area contributed by atoms with E-state index in [0.29, 0.717) is 23.1 Å². The highest BCUT2D eigenvalue weighted by Crippen LogP contribution is 2.33. The highest BCUT2D eigenvalue weighted by atomic mass is 127. The van der Waals surface area contributed by atoms with Crippen molar-refractivity contribution in [1.29, 1.82) is 0 Å². The second-order valence-electron chi connectivity index (χ2n) is 7.02. The van der Waals surface area contributed by atoms with E-state index in [1.165, 1.54) is 18.3 Å². The zero-order valence-electron chi connectivity index (χ0n) is 18.0. The van der Waals surface area contributed by atoms with Crippen LogP contribution in [0.15, 0.2) is 35.4 Å². The summed E-state index contributed by atoms with van der Waals surface area (Å²) in [5, 5.41) is 7.35. The summed E-state index contributed by atoms with van der Waals surface area (Å²) in [4.78, 5) is 25.3. The van der Waals surface area contributed by atoms with Gasteiger partial charge in [0.15, 0.2) is 11.5 Å². The molecule has 1 unspecified atom stereocenters. The van der Waals surface area contributed by atoms with Gasteiger partial charge in [-0.3, -0.25) is 9.59 Å². The largest absolute Gasteiger partial charge is 0.492 e. The van der Waals surface area contributed by atoms with Gasteiger partial charge in [-0.2, -0.15) is 5.10 Å². The number of ether oxygens (including phenoxy) is 2. The molecule has 2 N–H and O–H groups in total. The molecule has 0 fully saturated rings. The van der Waals surface area contributed by atoms with Gasteiger partial charge in [0, 0.05) is 5.02 Å². The Morgan fingerprint density at radius 1 is 1.22 bits per heavy atom. The molecule has 0 saturated carbocycles. The number of methoxy groups -OCH3 is 1. The van der Waals surface area contributed by atoms with E-state index in [1.54, 1.807) is 19.2 Å².